The Kier molecular flexibility index (Phi) is 3.89. The molecule has 2 saturated carbocycles. The Hall–Kier alpha value is -1.30. The van der Waals surface area contributed by atoms with Gasteiger partial charge in [-0.2, -0.15) is 0 Å². The molecule has 0 aromatic carbocycles. The Morgan fingerprint density at radius 2 is 2.04 bits per heavy atom. The van der Waals surface area contributed by atoms with E-state index in [-0.39, 0.29) is 29.0 Å². The van der Waals surface area contributed by atoms with Crippen LogP contribution in [0.15, 0.2) is 23.8 Å². The predicted octanol–water partition coefficient (Wildman–Crippen LogP) is 1.56. The lowest BCUT2D eigenvalue weighted by Crippen LogP contribution is -2.61. The molecule has 0 bridgehead atoms. The first-order valence-electron chi connectivity index (χ1n) is 9.65. The fourth-order valence-corrected chi connectivity index (χ4v) is 6.72. The zero-order valence-electron chi connectivity index (χ0n) is 15.4. The largest absolute Gasteiger partial charge is 0.393 e. The summed E-state index contributed by atoms with van der Waals surface area (Å²) in [5, 5.41) is 31.7. The molecule has 26 heavy (non-hydrogen) atoms. The van der Waals surface area contributed by atoms with Crippen molar-refractivity contribution < 1.29 is 24.9 Å². The van der Waals surface area contributed by atoms with Crippen LogP contribution in [0.2, 0.25) is 0 Å². The van der Waals surface area contributed by atoms with E-state index in [4.69, 9.17) is 0 Å². The summed E-state index contributed by atoms with van der Waals surface area (Å²) in [6.45, 7) is 3.35. The topological polar surface area (TPSA) is 94.8 Å². The molecule has 4 aliphatic carbocycles. The Labute approximate surface area is 153 Å². The van der Waals surface area contributed by atoms with Crippen LogP contribution in [0.25, 0.3) is 0 Å². The minimum atomic E-state index is -1.58. The summed E-state index contributed by atoms with van der Waals surface area (Å²) in [6, 6.07) is 0. The molecule has 0 saturated heterocycles. The number of aliphatic hydroxyl groups excluding tert-OH is 2. The molecular formula is C21H28O5. The molecule has 0 aromatic rings. The first-order chi connectivity index (χ1) is 12.2. The lowest BCUT2D eigenvalue weighted by atomic mass is 9.47. The van der Waals surface area contributed by atoms with Gasteiger partial charge in [0.1, 0.15) is 12.2 Å². The zero-order valence-corrected chi connectivity index (χ0v) is 15.4. The van der Waals surface area contributed by atoms with Crippen molar-refractivity contribution in [1.29, 1.82) is 0 Å². The van der Waals surface area contributed by atoms with Gasteiger partial charge in [-0.15, -0.1) is 0 Å². The number of allylic oxidation sites excluding steroid dienone is 4. The van der Waals surface area contributed by atoms with Crippen molar-refractivity contribution in [3.63, 3.8) is 0 Å². The quantitative estimate of drug-likeness (QED) is 0.695. The van der Waals surface area contributed by atoms with Crippen LogP contribution in [0, 0.1) is 28.6 Å². The van der Waals surface area contributed by atoms with Crippen molar-refractivity contribution in [3.05, 3.63) is 23.8 Å². The maximum Gasteiger partial charge on any atom is 0.190 e. The van der Waals surface area contributed by atoms with Gasteiger partial charge in [-0.05, 0) is 54.6 Å². The van der Waals surface area contributed by atoms with E-state index in [0.29, 0.717) is 25.7 Å². The van der Waals surface area contributed by atoms with Crippen LogP contribution >= 0.6 is 0 Å². The Balaban J connectivity index is 1.78. The van der Waals surface area contributed by atoms with E-state index in [2.05, 4.69) is 13.0 Å². The average molecular weight is 360 g/mol. The van der Waals surface area contributed by atoms with E-state index in [0.717, 1.165) is 12.0 Å². The van der Waals surface area contributed by atoms with E-state index in [9.17, 15) is 24.9 Å². The van der Waals surface area contributed by atoms with Crippen LogP contribution in [0.3, 0.4) is 0 Å². The Morgan fingerprint density at radius 1 is 1.31 bits per heavy atom. The van der Waals surface area contributed by atoms with Gasteiger partial charge in [-0.3, -0.25) is 9.59 Å². The van der Waals surface area contributed by atoms with Gasteiger partial charge in [0.15, 0.2) is 11.6 Å². The summed E-state index contributed by atoms with van der Waals surface area (Å²) in [5.74, 6) is -0.290. The third-order valence-corrected chi connectivity index (χ3v) is 8.21. The maximum atomic E-state index is 12.3. The minimum absolute atomic E-state index is 0.0171. The minimum Gasteiger partial charge on any atom is -0.393 e. The Morgan fingerprint density at radius 3 is 2.73 bits per heavy atom. The van der Waals surface area contributed by atoms with Crippen LogP contribution in [-0.2, 0) is 9.59 Å². The van der Waals surface area contributed by atoms with E-state index >= 15 is 0 Å². The fourth-order valence-electron chi connectivity index (χ4n) is 6.72. The smallest absolute Gasteiger partial charge is 0.190 e. The molecule has 2 fully saturated rings. The molecule has 4 rings (SSSR count). The van der Waals surface area contributed by atoms with Crippen LogP contribution < -0.4 is 0 Å². The maximum absolute atomic E-state index is 12.3. The number of rotatable bonds is 2. The second kappa shape index (κ2) is 5.60. The highest BCUT2D eigenvalue weighted by Gasteiger charge is 2.67. The van der Waals surface area contributed by atoms with Gasteiger partial charge in [-0.25, -0.2) is 0 Å². The van der Waals surface area contributed by atoms with Crippen molar-refractivity contribution in [3.8, 4) is 0 Å². The lowest BCUT2D eigenvalue weighted by Gasteiger charge is -2.58. The molecule has 0 spiro atoms. The molecule has 5 heteroatoms. The molecule has 0 unspecified atom stereocenters. The van der Waals surface area contributed by atoms with Gasteiger partial charge in [-0.1, -0.05) is 26.0 Å². The van der Waals surface area contributed by atoms with Crippen molar-refractivity contribution >= 4 is 11.6 Å². The van der Waals surface area contributed by atoms with Crippen molar-refractivity contribution in [1.82, 2.24) is 0 Å². The zero-order chi connectivity index (χ0) is 18.9. The predicted molar refractivity (Wildman–Crippen MR) is 95.0 cm³/mol. The third-order valence-electron chi connectivity index (χ3n) is 8.21. The summed E-state index contributed by atoms with van der Waals surface area (Å²) >= 11 is 0. The number of carbonyl (C=O) groups is 2. The highest BCUT2D eigenvalue weighted by atomic mass is 16.3. The molecule has 0 aliphatic heterocycles. The highest BCUT2D eigenvalue weighted by molar-refractivity contribution is 5.92. The molecule has 0 amide bonds. The molecule has 0 radical (unpaired) electrons. The number of hydrogen-bond acceptors (Lipinski definition) is 5. The number of fused-ring (bicyclic) bond motifs is 5. The Bertz CT molecular complexity index is 724. The van der Waals surface area contributed by atoms with Crippen LogP contribution in [0.5, 0.6) is 0 Å². The summed E-state index contributed by atoms with van der Waals surface area (Å²) in [7, 11) is 0. The van der Waals surface area contributed by atoms with Gasteiger partial charge < -0.3 is 15.3 Å². The number of ketones is 2. The van der Waals surface area contributed by atoms with E-state index in [1.165, 1.54) is 0 Å². The first-order valence-corrected chi connectivity index (χ1v) is 9.65. The van der Waals surface area contributed by atoms with Gasteiger partial charge in [0.25, 0.3) is 0 Å². The van der Waals surface area contributed by atoms with E-state index < -0.39 is 29.5 Å². The second-order valence-corrected chi connectivity index (χ2v) is 9.22. The highest BCUT2D eigenvalue weighted by Crippen LogP contribution is 2.66. The molecule has 7 atom stereocenters. The monoisotopic (exact) mass is 360 g/mol. The van der Waals surface area contributed by atoms with Crippen molar-refractivity contribution in [2.24, 2.45) is 28.6 Å². The van der Waals surface area contributed by atoms with Gasteiger partial charge in [0.2, 0.25) is 0 Å². The number of aliphatic hydroxyl groups is 3. The molecule has 142 valence electrons. The molecule has 0 heterocycles. The van der Waals surface area contributed by atoms with Crippen LogP contribution in [0.4, 0.5) is 0 Å². The molecule has 0 aromatic heterocycles. The van der Waals surface area contributed by atoms with Gasteiger partial charge in [0, 0.05) is 17.8 Å². The van der Waals surface area contributed by atoms with E-state index in [1.54, 1.807) is 6.08 Å². The van der Waals surface area contributed by atoms with Crippen molar-refractivity contribution in [2.45, 2.75) is 57.7 Å². The summed E-state index contributed by atoms with van der Waals surface area (Å²) in [4.78, 5) is 24.2. The number of Topliss-reactive ketones (excluding diaryl/α,β-unsaturated/α-hetero) is 1. The van der Waals surface area contributed by atoms with Crippen molar-refractivity contribution in [2.75, 3.05) is 6.61 Å². The molecule has 4 aliphatic rings. The third kappa shape index (κ3) is 2.08. The second-order valence-electron chi connectivity index (χ2n) is 9.22. The average Bonchev–Trinajstić information content (AvgIpc) is 2.86. The standard InChI is InChI=1S/C21H28O5/c1-19-7-5-13(23)9-12(19)3-4-14-15-6-8-21(26,17(25)11-22)20(15,2)10-16(24)18(14)19/h3-4,9,14-16,18,22,24,26H,5-8,10-11H2,1-2H3/t14-,15-,16-,18+,19-,20-,21-/m0/s1. The first kappa shape index (κ1) is 18.1. The SMILES string of the molecule is C[C@]12CCC(=O)C=C1C=C[C@@H]1[C@@H]2[C@@H](O)C[C@@]2(C)[C@H]1CC[C@]2(O)C(=O)CO. The fraction of sp³-hybridized carbons (Fsp3) is 0.714. The molecular weight excluding hydrogens is 332 g/mol. The lowest BCUT2D eigenvalue weighted by molar-refractivity contribution is -0.174. The van der Waals surface area contributed by atoms with Gasteiger partial charge in [0.05, 0.1) is 6.10 Å². The van der Waals surface area contributed by atoms with Crippen LogP contribution in [0.1, 0.15) is 46.0 Å². The molecule has 3 N–H and O–H groups in total. The summed E-state index contributed by atoms with van der Waals surface area (Å²) in [6.07, 6.45) is 7.74. The van der Waals surface area contributed by atoms with Crippen LogP contribution in [-0.4, -0.2) is 45.2 Å². The summed E-state index contributed by atoms with van der Waals surface area (Å²) in [5.41, 5.74) is -1.58. The number of carbonyl (C=O) groups excluding carboxylic acids is 2. The van der Waals surface area contributed by atoms with E-state index in [1.807, 2.05) is 13.0 Å². The van der Waals surface area contributed by atoms with Gasteiger partial charge >= 0.3 is 0 Å². The normalized spacial score (nSPS) is 49.9. The summed E-state index contributed by atoms with van der Waals surface area (Å²) < 4.78 is 0. The number of hydrogen-bond donors (Lipinski definition) is 3. The molecule has 5 nitrogen and oxygen atoms in total.